The number of rotatable bonds is 10. The minimum absolute atomic E-state index is 0.205. The minimum atomic E-state index is -1.24. The number of carbonyl (C=O) groups is 6. The summed E-state index contributed by atoms with van der Waals surface area (Å²) in [6.45, 7) is 5.24. The molecule has 268 valence electrons. The van der Waals surface area contributed by atoms with Gasteiger partial charge in [0.1, 0.15) is 12.2 Å². The van der Waals surface area contributed by atoms with Crippen molar-refractivity contribution in [1.82, 2.24) is 0 Å². The lowest BCUT2D eigenvalue weighted by Gasteiger charge is -2.48. The quantitative estimate of drug-likeness (QED) is 0.255. The second-order valence-corrected chi connectivity index (χ2v) is 11.5. The van der Waals surface area contributed by atoms with E-state index in [4.69, 9.17) is 47.4 Å². The van der Waals surface area contributed by atoms with E-state index in [-0.39, 0.29) is 13.2 Å². The van der Waals surface area contributed by atoms with Crippen LogP contribution in [0.4, 0.5) is 0 Å². The van der Waals surface area contributed by atoms with Gasteiger partial charge >= 0.3 is 35.8 Å². The zero-order valence-corrected chi connectivity index (χ0v) is 27.5. The molecule has 0 N–H and O–H groups in total. The Hall–Kier alpha value is -4.90. The first-order valence-corrected chi connectivity index (χ1v) is 15.6. The Bertz CT molecular complexity index is 1430. The lowest BCUT2D eigenvalue weighted by atomic mass is 9.94. The van der Waals surface area contributed by atoms with E-state index in [0.29, 0.717) is 0 Å². The van der Waals surface area contributed by atoms with Crippen molar-refractivity contribution in [2.75, 3.05) is 0 Å². The van der Waals surface area contributed by atoms with E-state index in [2.05, 4.69) is 0 Å². The summed E-state index contributed by atoms with van der Waals surface area (Å²) in [6, 6.07) is 18.7. The molecule has 0 unspecified atom stereocenters. The number of benzene rings is 2. The van der Waals surface area contributed by atoms with Crippen molar-refractivity contribution >= 4 is 35.8 Å². The molecule has 2 aromatic carbocycles. The summed E-state index contributed by atoms with van der Waals surface area (Å²) in [5, 5.41) is 0. The highest BCUT2D eigenvalue weighted by Crippen LogP contribution is 2.37. The molecule has 6 rings (SSSR count). The number of hydrogen-bond donors (Lipinski definition) is 0. The monoisotopic (exact) mass is 700 g/mol. The third-order valence-corrected chi connectivity index (χ3v) is 7.70. The molecular formula is C34H36O16. The van der Waals surface area contributed by atoms with Crippen LogP contribution in [0.3, 0.4) is 0 Å². The van der Waals surface area contributed by atoms with E-state index in [1.54, 1.807) is 0 Å². The molecular weight excluding hydrogens is 664 g/mol. The number of carbonyl (C=O) groups excluding carboxylic acids is 6. The summed E-state index contributed by atoms with van der Waals surface area (Å²) in [5.74, 6) is -3.59. The minimum Gasteiger partial charge on any atom is -0.454 e. The zero-order chi connectivity index (χ0) is 35.9. The SMILES string of the molecule is CC(=O)O[C@@H]1O[C@@H]2C(=O)O[C@@H]2[C@@H](OCc2ccccc2)[C@@H]1OC(C)=O.CC(=O)O[C@@H]1O[C@@H]2C(=O)O[C@@H]2[C@@H](OCc2ccccc2)[C@@H]1OC(C)=O. The van der Waals surface area contributed by atoms with Gasteiger partial charge in [0, 0.05) is 27.7 Å². The summed E-state index contributed by atoms with van der Waals surface area (Å²) >= 11 is 0. The van der Waals surface area contributed by atoms with Crippen LogP contribution in [0.15, 0.2) is 60.7 Å². The predicted molar refractivity (Wildman–Crippen MR) is 162 cm³/mol. The second kappa shape index (κ2) is 16.2. The molecule has 16 heteroatoms. The molecule has 10 atom stereocenters. The zero-order valence-electron chi connectivity index (χ0n) is 27.5. The average Bonchev–Trinajstić information content (AvgIpc) is 3.06. The molecule has 0 amide bonds. The fourth-order valence-corrected chi connectivity index (χ4v) is 5.58. The van der Waals surface area contributed by atoms with Crippen LogP contribution in [0, 0.1) is 0 Å². The van der Waals surface area contributed by atoms with Crippen LogP contribution in [-0.2, 0) is 89.3 Å². The van der Waals surface area contributed by atoms with E-state index < -0.39 is 97.2 Å². The maximum Gasteiger partial charge on any atom is 0.339 e. The normalized spacial score (nSPS) is 30.5. The molecule has 0 saturated carbocycles. The smallest absolute Gasteiger partial charge is 0.339 e. The van der Waals surface area contributed by atoms with Gasteiger partial charge < -0.3 is 47.4 Å². The summed E-state index contributed by atoms with van der Waals surface area (Å²) in [5.41, 5.74) is 1.78. The van der Waals surface area contributed by atoms with Gasteiger partial charge in [0.2, 0.25) is 12.6 Å². The van der Waals surface area contributed by atoms with Gasteiger partial charge in [0.05, 0.1) is 13.2 Å². The van der Waals surface area contributed by atoms with E-state index in [1.807, 2.05) is 60.7 Å². The molecule has 0 radical (unpaired) electrons. The first-order valence-electron chi connectivity index (χ1n) is 15.6. The van der Waals surface area contributed by atoms with Crippen molar-refractivity contribution in [1.29, 1.82) is 0 Å². The third kappa shape index (κ3) is 8.81. The molecule has 16 nitrogen and oxygen atoms in total. The van der Waals surface area contributed by atoms with Crippen LogP contribution in [-0.4, -0.2) is 97.2 Å². The highest BCUT2D eigenvalue weighted by molar-refractivity contribution is 5.82. The number of fused-ring (bicyclic) bond motifs is 2. The highest BCUT2D eigenvalue weighted by Gasteiger charge is 2.61. The Morgan fingerprint density at radius 2 is 0.860 bits per heavy atom. The summed E-state index contributed by atoms with van der Waals surface area (Å²) in [6.07, 6.45) is -9.49. The van der Waals surface area contributed by atoms with Crippen LogP contribution in [0.2, 0.25) is 0 Å². The van der Waals surface area contributed by atoms with E-state index in [9.17, 15) is 28.8 Å². The fourth-order valence-electron chi connectivity index (χ4n) is 5.58. The molecule has 4 heterocycles. The lowest BCUT2D eigenvalue weighted by Crippen LogP contribution is -2.69. The van der Waals surface area contributed by atoms with Crippen LogP contribution in [0.5, 0.6) is 0 Å². The van der Waals surface area contributed by atoms with Crippen LogP contribution in [0.25, 0.3) is 0 Å². The van der Waals surface area contributed by atoms with Crippen molar-refractivity contribution in [2.24, 2.45) is 0 Å². The second-order valence-electron chi connectivity index (χ2n) is 11.5. The first-order chi connectivity index (χ1) is 23.9. The predicted octanol–water partition coefficient (Wildman–Crippen LogP) is 1.43. The fraction of sp³-hybridized carbons (Fsp3) is 0.471. The Kier molecular flexibility index (Phi) is 11.8. The van der Waals surface area contributed by atoms with Gasteiger partial charge in [0.15, 0.2) is 36.6 Å². The number of ether oxygens (including phenoxy) is 10. The van der Waals surface area contributed by atoms with Crippen molar-refractivity contribution < 1.29 is 76.1 Å². The Balaban J connectivity index is 0.000000194. The van der Waals surface area contributed by atoms with E-state index in [0.717, 1.165) is 11.1 Å². The molecule has 0 aromatic heterocycles. The van der Waals surface area contributed by atoms with Gasteiger partial charge in [-0.25, -0.2) is 9.59 Å². The molecule has 4 fully saturated rings. The maximum absolute atomic E-state index is 11.6. The highest BCUT2D eigenvalue weighted by atomic mass is 16.8. The van der Waals surface area contributed by atoms with Crippen LogP contribution in [0.1, 0.15) is 38.8 Å². The van der Waals surface area contributed by atoms with Crippen molar-refractivity contribution in [2.45, 2.75) is 102 Å². The topological polar surface area (TPSA) is 195 Å². The van der Waals surface area contributed by atoms with Gasteiger partial charge in [-0.1, -0.05) is 60.7 Å². The van der Waals surface area contributed by atoms with E-state index >= 15 is 0 Å². The molecule has 0 bridgehead atoms. The average molecular weight is 701 g/mol. The number of esters is 6. The first kappa shape index (κ1) is 36.4. The third-order valence-electron chi connectivity index (χ3n) is 7.70. The standard InChI is InChI=1S/2C17H18O8/c2*1-9(18)22-15-12(21-8-11-6-4-3-5-7-11)13-14(16(20)24-13)25-17(15)23-10(2)19/h2*3-7,12-15,17H,8H2,1-2H3/t2*12-,13-,14+,15+,17-/m11/s1. The van der Waals surface area contributed by atoms with Crippen molar-refractivity contribution in [3.05, 3.63) is 71.8 Å². The van der Waals surface area contributed by atoms with Crippen LogP contribution < -0.4 is 0 Å². The summed E-state index contributed by atoms with van der Waals surface area (Å²) in [4.78, 5) is 68.7. The number of hydrogen-bond acceptors (Lipinski definition) is 16. The molecule has 4 saturated heterocycles. The molecule has 0 aliphatic carbocycles. The Morgan fingerprint density at radius 3 is 1.16 bits per heavy atom. The summed E-state index contributed by atoms with van der Waals surface area (Å²) in [7, 11) is 0. The molecule has 2 aromatic rings. The molecule has 50 heavy (non-hydrogen) atoms. The Labute approximate surface area is 286 Å². The van der Waals surface area contributed by atoms with E-state index in [1.165, 1.54) is 27.7 Å². The summed E-state index contributed by atoms with van der Waals surface area (Å²) < 4.78 is 53.3. The molecule has 4 aliphatic rings. The van der Waals surface area contributed by atoms with Crippen molar-refractivity contribution in [3.8, 4) is 0 Å². The molecule has 0 spiro atoms. The van der Waals surface area contributed by atoms with Gasteiger partial charge in [-0.2, -0.15) is 0 Å². The molecule has 4 aliphatic heterocycles. The van der Waals surface area contributed by atoms with Crippen molar-refractivity contribution in [3.63, 3.8) is 0 Å². The van der Waals surface area contributed by atoms with Gasteiger partial charge in [-0.3, -0.25) is 19.2 Å². The largest absolute Gasteiger partial charge is 0.454 e. The van der Waals surface area contributed by atoms with Gasteiger partial charge in [-0.05, 0) is 11.1 Å². The Morgan fingerprint density at radius 1 is 0.520 bits per heavy atom. The maximum atomic E-state index is 11.6. The van der Waals surface area contributed by atoms with Gasteiger partial charge in [-0.15, -0.1) is 0 Å². The van der Waals surface area contributed by atoms with Crippen LogP contribution >= 0.6 is 0 Å². The van der Waals surface area contributed by atoms with Gasteiger partial charge in [0.25, 0.3) is 0 Å². The lowest BCUT2D eigenvalue weighted by molar-refractivity contribution is -0.326.